The molecular formula is C14H20N2. The lowest BCUT2D eigenvalue weighted by Gasteiger charge is -2.23. The van der Waals surface area contributed by atoms with Crippen molar-refractivity contribution in [3.8, 4) is 0 Å². The van der Waals surface area contributed by atoms with E-state index < -0.39 is 0 Å². The molecule has 0 amide bonds. The third kappa shape index (κ3) is 1.99. The molecule has 0 aromatic carbocycles. The highest BCUT2D eigenvalue weighted by molar-refractivity contribution is 5.26. The highest BCUT2D eigenvalue weighted by Crippen LogP contribution is 2.32. The first-order valence-electron chi connectivity index (χ1n) is 6.63. The molecule has 2 heterocycles. The highest BCUT2D eigenvalue weighted by atomic mass is 14.9. The predicted octanol–water partition coefficient (Wildman–Crippen LogP) is 2.78. The summed E-state index contributed by atoms with van der Waals surface area (Å²) in [5.74, 6) is 0.744. The Bertz CT molecular complexity index is 367. The lowest BCUT2D eigenvalue weighted by Crippen LogP contribution is -2.25. The summed E-state index contributed by atoms with van der Waals surface area (Å²) in [5.41, 5.74) is 4.12. The summed E-state index contributed by atoms with van der Waals surface area (Å²) in [7, 11) is 0. The number of aromatic nitrogens is 1. The second-order valence-corrected chi connectivity index (χ2v) is 5.10. The van der Waals surface area contributed by atoms with Crippen LogP contribution in [0.2, 0.25) is 0 Å². The van der Waals surface area contributed by atoms with Crippen LogP contribution in [0, 0.1) is 0 Å². The van der Waals surface area contributed by atoms with Gasteiger partial charge in [0.15, 0.2) is 0 Å². The van der Waals surface area contributed by atoms with Crippen molar-refractivity contribution >= 4 is 0 Å². The van der Waals surface area contributed by atoms with E-state index >= 15 is 0 Å². The van der Waals surface area contributed by atoms with E-state index in [1.165, 1.54) is 49.1 Å². The topological polar surface area (TPSA) is 24.9 Å². The van der Waals surface area contributed by atoms with Crippen LogP contribution >= 0.6 is 0 Å². The van der Waals surface area contributed by atoms with Crippen LogP contribution in [0.5, 0.6) is 0 Å². The van der Waals surface area contributed by atoms with Gasteiger partial charge in [-0.1, -0.05) is 25.3 Å². The Morgan fingerprint density at radius 2 is 2.00 bits per heavy atom. The van der Waals surface area contributed by atoms with Crippen molar-refractivity contribution in [1.29, 1.82) is 0 Å². The maximum atomic E-state index is 4.90. The maximum Gasteiger partial charge on any atom is 0.0464 e. The summed E-state index contributed by atoms with van der Waals surface area (Å²) in [5, 5.41) is 3.40. The van der Waals surface area contributed by atoms with E-state index in [2.05, 4.69) is 17.4 Å². The van der Waals surface area contributed by atoms with Crippen molar-refractivity contribution < 1.29 is 0 Å². The molecule has 86 valence electrons. The van der Waals surface area contributed by atoms with Crippen LogP contribution in [0.25, 0.3) is 0 Å². The molecule has 0 atom stereocenters. The summed E-state index contributed by atoms with van der Waals surface area (Å²) < 4.78 is 0. The largest absolute Gasteiger partial charge is 0.312 e. The van der Waals surface area contributed by atoms with Crippen molar-refractivity contribution in [3.05, 3.63) is 29.1 Å². The second-order valence-electron chi connectivity index (χ2n) is 5.10. The predicted molar refractivity (Wildman–Crippen MR) is 65.5 cm³/mol. The van der Waals surface area contributed by atoms with E-state index in [1.54, 1.807) is 0 Å². The van der Waals surface area contributed by atoms with Crippen LogP contribution in [0.4, 0.5) is 0 Å². The van der Waals surface area contributed by atoms with E-state index in [9.17, 15) is 0 Å². The summed E-state index contributed by atoms with van der Waals surface area (Å²) in [6.07, 6.45) is 8.02. The fourth-order valence-corrected chi connectivity index (χ4v) is 2.98. The van der Waals surface area contributed by atoms with Crippen LogP contribution in [0.1, 0.15) is 55.0 Å². The zero-order valence-corrected chi connectivity index (χ0v) is 9.84. The van der Waals surface area contributed by atoms with Gasteiger partial charge in [0.05, 0.1) is 0 Å². The first kappa shape index (κ1) is 10.3. The first-order chi connectivity index (χ1) is 7.93. The number of hydrogen-bond acceptors (Lipinski definition) is 2. The molecule has 1 aliphatic carbocycles. The third-order valence-corrected chi connectivity index (χ3v) is 3.97. The molecule has 1 aliphatic heterocycles. The molecule has 16 heavy (non-hydrogen) atoms. The maximum absolute atomic E-state index is 4.90. The Morgan fingerprint density at radius 3 is 2.88 bits per heavy atom. The van der Waals surface area contributed by atoms with Crippen LogP contribution in [-0.2, 0) is 13.0 Å². The molecule has 0 bridgehead atoms. The van der Waals surface area contributed by atoms with Gasteiger partial charge in [-0.3, -0.25) is 4.98 Å². The molecule has 1 fully saturated rings. The van der Waals surface area contributed by atoms with Gasteiger partial charge in [-0.05, 0) is 24.5 Å². The van der Waals surface area contributed by atoms with E-state index in [0.717, 1.165) is 25.4 Å². The lowest BCUT2D eigenvalue weighted by molar-refractivity contribution is 0.435. The van der Waals surface area contributed by atoms with E-state index in [4.69, 9.17) is 4.98 Å². The minimum Gasteiger partial charge on any atom is -0.312 e. The molecule has 2 aliphatic rings. The van der Waals surface area contributed by atoms with Crippen LogP contribution < -0.4 is 5.32 Å². The molecule has 1 aromatic rings. The minimum absolute atomic E-state index is 0.744. The van der Waals surface area contributed by atoms with Gasteiger partial charge >= 0.3 is 0 Å². The van der Waals surface area contributed by atoms with Crippen molar-refractivity contribution in [2.24, 2.45) is 0 Å². The number of nitrogens with zero attached hydrogens (tertiary/aromatic N) is 1. The molecule has 2 heteroatoms. The Kier molecular flexibility index (Phi) is 2.92. The fraction of sp³-hybridized carbons (Fsp3) is 0.643. The zero-order chi connectivity index (χ0) is 10.8. The number of nitrogens with one attached hydrogen (secondary N) is 1. The van der Waals surface area contributed by atoms with Crippen LogP contribution in [0.3, 0.4) is 0 Å². The first-order valence-corrected chi connectivity index (χ1v) is 6.63. The van der Waals surface area contributed by atoms with Gasteiger partial charge in [-0.25, -0.2) is 0 Å². The molecule has 0 spiro atoms. The number of fused-ring (bicyclic) bond motifs is 1. The summed E-state index contributed by atoms with van der Waals surface area (Å²) in [6, 6.07) is 4.56. The molecule has 1 N–H and O–H groups in total. The summed E-state index contributed by atoms with van der Waals surface area (Å²) in [6.45, 7) is 2.10. The van der Waals surface area contributed by atoms with Crippen molar-refractivity contribution in [2.45, 2.75) is 51.0 Å². The van der Waals surface area contributed by atoms with Crippen molar-refractivity contribution in [2.75, 3.05) is 6.54 Å². The molecule has 1 aromatic heterocycles. The Labute approximate surface area is 97.5 Å². The van der Waals surface area contributed by atoms with Gasteiger partial charge in [0.25, 0.3) is 0 Å². The molecule has 1 saturated carbocycles. The lowest BCUT2D eigenvalue weighted by atomic mass is 9.86. The number of pyridine rings is 1. The van der Waals surface area contributed by atoms with Crippen molar-refractivity contribution in [1.82, 2.24) is 10.3 Å². The minimum atomic E-state index is 0.744. The van der Waals surface area contributed by atoms with E-state index in [-0.39, 0.29) is 0 Å². The quantitative estimate of drug-likeness (QED) is 0.781. The third-order valence-electron chi connectivity index (χ3n) is 3.97. The SMILES string of the molecule is c1cc2c(nc1C1CCCCC1)CCNC2. The average molecular weight is 216 g/mol. The molecule has 0 unspecified atom stereocenters. The molecular weight excluding hydrogens is 196 g/mol. The average Bonchev–Trinajstić information content (AvgIpc) is 2.39. The summed E-state index contributed by atoms with van der Waals surface area (Å²) >= 11 is 0. The standard InChI is InChI=1S/C14H20N2/c1-2-4-11(5-3-1)13-7-6-12-10-15-9-8-14(12)16-13/h6-7,11,15H,1-5,8-10H2. The smallest absolute Gasteiger partial charge is 0.0464 e. The number of hydrogen-bond donors (Lipinski definition) is 1. The molecule has 3 rings (SSSR count). The highest BCUT2D eigenvalue weighted by Gasteiger charge is 2.18. The fourth-order valence-electron chi connectivity index (χ4n) is 2.98. The Balaban J connectivity index is 1.84. The van der Waals surface area contributed by atoms with Gasteiger partial charge in [0.1, 0.15) is 0 Å². The zero-order valence-electron chi connectivity index (χ0n) is 9.84. The van der Waals surface area contributed by atoms with E-state index in [0.29, 0.717) is 0 Å². The van der Waals surface area contributed by atoms with Crippen LogP contribution in [-0.4, -0.2) is 11.5 Å². The van der Waals surface area contributed by atoms with Gasteiger partial charge in [0, 0.05) is 36.8 Å². The number of rotatable bonds is 1. The Morgan fingerprint density at radius 1 is 1.12 bits per heavy atom. The molecule has 0 saturated heterocycles. The Hall–Kier alpha value is -0.890. The van der Waals surface area contributed by atoms with Crippen LogP contribution in [0.15, 0.2) is 12.1 Å². The molecule has 2 nitrogen and oxygen atoms in total. The van der Waals surface area contributed by atoms with Gasteiger partial charge in [-0.2, -0.15) is 0 Å². The van der Waals surface area contributed by atoms with Gasteiger partial charge < -0.3 is 5.32 Å². The normalized spacial score (nSPS) is 21.8. The van der Waals surface area contributed by atoms with Crippen molar-refractivity contribution in [3.63, 3.8) is 0 Å². The van der Waals surface area contributed by atoms with Gasteiger partial charge in [0.2, 0.25) is 0 Å². The second kappa shape index (κ2) is 4.54. The van der Waals surface area contributed by atoms with Gasteiger partial charge in [-0.15, -0.1) is 0 Å². The summed E-state index contributed by atoms with van der Waals surface area (Å²) in [4.78, 5) is 4.90. The van der Waals surface area contributed by atoms with E-state index in [1.807, 2.05) is 0 Å². The monoisotopic (exact) mass is 216 g/mol. The molecule has 0 radical (unpaired) electrons.